The van der Waals surface area contributed by atoms with Gasteiger partial charge >= 0.3 is 0 Å². The Balaban J connectivity index is 1.92. The van der Waals surface area contributed by atoms with Crippen LogP contribution in [0.2, 0.25) is 0 Å². The van der Waals surface area contributed by atoms with E-state index in [0.29, 0.717) is 13.2 Å². The lowest BCUT2D eigenvalue weighted by atomic mass is 9.50. The number of nitrogens with one attached hydrogen (secondary N) is 1. The van der Waals surface area contributed by atoms with Gasteiger partial charge in [0, 0.05) is 17.1 Å². The van der Waals surface area contributed by atoms with E-state index >= 15 is 0 Å². The third-order valence-electron chi connectivity index (χ3n) is 5.14. The van der Waals surface area contributed by atoms with Crippen molar-refractivity contribution in [3.8, 4) is 6.07 Å². The molecule has 2 aromatic rings. The number of benzene rings is 1. The van der Waals surface area contributed by atoms with Crippen LogP contribution in [-0.4, -0.2) is 18.2 Å². The molecule has 1 saturated heterocycles. The van der Waals surface area contributed by atoms with E-state index in [1.54, 1.807) is 0 Å². The zero-order valence-electron chi connectivity index (χ0n) is 10.8. The molecule has 2 fully saturated rings. The quantitative estimate of drug-likeness (QED) is 0.892. The van der Waals surface area contributed by atoms with Crippen LogP contribution >= 0.6 is 0 Å². The van der Waals surface area contributed by atoms with Gasteiger partial charge in [-0.1, -0.05) is 24.6 Å². The zero-order chi connectivity index (χ0) is 12.9. The van der Waals surface area contributed by atoms with Gasteiger partial charge in [-0.2, -0.15) is 5.26 Å². The summed E-state index contributed by atoms with van der Waals surface area (Å²) in [4.78, 5) is 3.34. The van der Waals surface area contributed by atoms with E-state index in [1.165, 1.54) is 10.9 Å². The number of aromatic amines is 1. The molecule has 1 aromatic heterocycles. The first-order valence-electron chi connectivity index (χ1n) is 6.87. The molecular weight excluding hydrogens is 236 g/mol. The first kappa shape index (κ1) is 11.1. The van der Waals surface area contributed by atoms with Crippen molar-refractivity contribution in [1.82, 2.24) is 4.98 Å². The lowest BCUT2D eigenvalue weighted by Gasteiger charge is -2.56. The highest BCUT2D eigenvalue weighted by Crippen LogP contribution is 2.58. The van der Waals surface area contributed by atoms with Gasteiger partial charge in [0.15, 0.2) is 0 Å². The summed E-state index contributed by atoms with van der Waals surface area (Å²) in [5.41, 5.74) is 2.11. The molecule has 0 radical (unpaired) electrons. The molecule has 1 aliphatic heterocycles. The molecule has 2 aliphatic rings. The predicted molar refractivity (Wildman–Crippen MR) is 72.7 cm³/mol. The lowest BCUT2D eigenvalue weighted by Crippen LogP contribution is -2.61. The molecule has 1 aliphatic carbocycles. The van der Waals surface area contributed by atoms with Crippen LogP contribution in [0.15, 0.2) is 30.5 Å². The molecule has 0 unspecified atom stereocenters. The number of nitriles is 1. The molecule has 96 valence electrons. The summed E-state index contributed by atoms with van der Waals surface area (Å²) in [7, 11) is 0. The normalized spacial score (nSPS) is 23.3. The van der Waals surface area contributed by atoms with Crippen LogP contribution in [-0.2, 0) is 10.2 Å². The molecule has 1 saturated carbocycles. The number of hydrogen-bond acceptors (Lipinski definition) is 2. The number of rotatable bonds is 2. The van der Waals surface area contributed by atoms with Crippen LogP contribution in [0.3, 0.4) is 0 Å². The topological polar surface area (TPSA) is 48.8 Å². The molecule has 2 heterocycles. The second kappa shape index (κ2) is 3.61. The molecule has 19 heavy (non-hydrogen) atoms. The predicted octanol–water partition coefficient (Wildman–Crippen LogP) is 3.13. The van der Waals surface area contributed by atoms with Crippen LogP contribution in [0.1, 0.15) is 24.8 Å². The van der Waals surface area contributed by atoms with E-state index in [1.807, 2.05) is 6.07 Å². The maximum absolute atomic E-state index is 9.69. The number of para-hydroxylation sites is 1. The van der Waals surface area contributed by atoms with E-state index in [0.717, 1.165) is 24.8 Å². The lowest BCUT2D eigenvalue weighted by molar-refractivity contribution is -0.134. The van der Waals surface area contributed by atoms with Gasteiger partial charge in [-0.15, -0.1) is 0 Å². The van der Waals surface area contributed by atoms with Gasteiger partial charge in [-0.3, -0.25) is 0 Å². The molecule has 1 N–H and O–H groups in total. The third kappa shape index (κ3) is 1.20. The van der Waals surface area contributed by atoms with E-state index < -0.39 is 0 Å². The van der Waals surface area contributed by atoms with Gasteiger partial charge in [0.2, 0.25) is 0 Å². The van der Waals surface area contributed by atoms with Crippen molar-refractivity contribution in [3.63, 3.8) is 0 Å². The van der Waals surface area contributed by atoms with E-state index in [4.69, 9.17) is 4.74 Å². The number of aromatic nitrogens is 1. The van der Waals surface area contributed by atoms with Crippen LogP contribution in [0.25, 0.3) is 10.9 Å². The van der Waals surface area contributed by atoms with Crippen molar-refractivity contribution < 1.29 is 4.74 Å². The maximum Gasteiger partial charge on any atom is 0.0715 e. The van der Waals surface area contributed by atoms with Crippen molar-refractivity contribution in [1.29, 1.82) is 5.26 Å². The monoisotopic (exact) mass is 252 g/mol. The van der Waals surface area contributed by atoms with Crippen LogP contribution in [0, 0.1) is 16.7 Å². The average Bonchev–Trinajstić information content (AvgIpc) is 2.75. The Hall–Kier alpha value is -1.79. The zero-order valence-corrected chi connectivity index (χ0v) is 10.8. The smallest absolute Gasteiger partial charge is 0.0715 e. The first-order valence-corrected chi connectivity index (χ1v) is 6.87. The second-order valence-electron chi connectivity index (χ2n) is 5.87. The molecule has 0 spiro atoms. The minimum Gasteiger partial charge on any atom is -0.379 e. The average molecular weight is 252 g/mol. The standard InChI is InChI=1S/C16H16N2O/c17-9-15(6-3-7-15)16(10-19-11-16)13-8-18-14-5-2-1-4-12(13)14/h1-2,4-5,8,18H,3,6-7,10-11H2. The van der Waals surface area contributed by atoms with Crippen molar-refractivity contribution in [2.45, 2.75) is 24.7 Å². The first-order chi connectivity index (χ1) is 9.31. The Morgan fingerprint density at radius 3 is 2.58 bits per heavy atom. The Morgan fingerprint density at radius 1 is 1.21 bits per heavy atom. The third-order valence-corrected chi connectivity index (χ3v) is 5.14. The fourth-order valence-corrected chi connectivity index (χ4v) is 3.69. The number of ether oxygens (including phenoxy) is 1. The summed E-state index contributed by atoms with van der Waals surface area (Å²) < 4.78 is 5.53. The highest BCUT2D eigenvalue weighted by atomic mass is 16.5. The second-order valence-corrected chi connectivity index (χ2v) is 5.87. The van der Waals surface area contributed by atoms with Gasteiger partial charge in [0.1, 0.15) is 0 Å². The van der Waals surface area contributed by atoms with Crippen LogP contribution < -0.4 is 0 Å². The number of fused-ring (bicyclic) bond motifs is 1. The molecule has 0 bridgehead atoms. The van der Waals surface area contributed by atoms with E-state index in [9.17, 15) is 5.26 Å². The minimum atomic E-state index is -0.212. The summed E-state index contributed by atoms with van der Waals surface area (Å²) >= 11 is 0. The summed E-state index contributed by atoms with van der Waals surface area (Å²) in [6.07, 6.45) is 5.26. The van der Waals surface area contributed by atoms with Gasteiger partial charge in [-0.25, -0.2) is 0 Å². The molecule has 3 nitrogen and oxygen atoms in total. The highest BCUT2D eigenvalue weighted by Gasteiger charge is 2.61. The molecule has 3 heteroatoms. The van der Waals surface area contributed by atoms with E-state index in [2.05, 4.69) is 35.4 Å². The largest absolute Gasteiger partial charge is 0.379 e. The Bertz CT molecular complexity index is 671. The molecule has 1 aromatic carbocycles. The van der Waals surface area contributed by atoms with Crippen molar-refractivity contribution in [2.24, 2.45) is 5.41 Å². The molecule has 4 rings (SSSR count). The number of H-pyrrole nitrogens is 1. The molecule has 0 amide bonds. The minimum absolute atomic E-state index is 0.0976. The number of nitrogens with zero attached hydrogens (tertiary/aromatic N) is 1. The summed E-state index contributed by atoms with van der Waals surface area (Å²) in [5, 5.41) is 10.9. The SMILES string of the molecule is N#CC1(C2(c3c[nH]c4ccccc34)COC2)CCC1. The van der Waals surface area contributed by atoms with Gasteiger partial charge < -0.3 is 9.72 Å². The van der Waals surface area contributed by atoms with Crippen molar-refractivity contribution in [2.75, 3.05) is 13.2 Å². The van der Waals surface area contributed by atoms with Crippen LogP contribution in [0.4, 0.5) is 0 Å². The van der Waals surface area contributed by atoms with Gasteiger partial charge in [0.05, 0.1) is 30.1 Å². The summed E-state index contributed by atoms with van der Waals surface area (Å²) in [6, 6.07) is 10.9. The van der Waals surface area contributed by atoms with Crippen LogP contribution in [0.5, 0.6) is 0 Å². The maximum atomic E-state index is 9.69. The van der Waals surface area contributed by atoms with Crippen molar-refractivity contribution in [3.05, 3.63) is 36.0 Å². The number of hydrogen-bond donors (Lipinski definition) is 1. The summed E-state index contributed by atoms with van der Waals surface area (Å²) in [6.45, 7) is 1.37. The fourth-order valence-electron chi connectivity index (χ4n) is 3.69. The summed E-state index contributed by atoms with van der Waals surface area (Å²) in [5.74, 6) is 0. The van der Waals surface area contributed by atoms with E-state index in [-0.39, 0.29) is 10.8 Å². The Labute approximate surface area is 112 Å². The Morgan fingerprint density at radius 2 is 2.00 bits per heavy atom. The Kier molecular flexibility index (Phi) is 2.11. The highest BCUT2D eigenvalue weighted by molar-refractivity contribution is 5.84. The molecular formula is C16H16N2O. The van der Waals surface area contributed by atoms with Gasteiger partial charge in [-0.05, 0) is 24.5 Å². The van der Waals surface area contributed by atoms with Crippen molar-refractivity contribution >= 4 is 10.9 Å². The molecule has 0 atom stereocenters. The fraction of sp³-hybridized carbons (Fsp3) is 0.438. The van der Waals surface area contributed by atoms with Gasteiger partial charge in [0.25, 0.3) is 0 Å².